The highest BCUT2D eigenvalue weighted by Crippen LogP contribution is 2.47. The predicted molar refractivity (Wildman–Crippen MR) is 193 cm³/mol. The molecule has 0 aliphatic carbocycles. The number of fused-ring (bicyclic) bond motifs is 4. The molecule has 296 valence electrons. The van der Waals surface area contributed by atoms with Crippen LogP contribution in [0, 0.1) is 5.92 Å². The first kappa shape index (κ1) is 38.5. The van der Waals surface area contributed by atoms with Crippen molar-refractivity contribution in [2.75, 3.05) is 31.6 Å². The zero-order valence-electron chi connectivity index (χ0n) is 29.5. The van der Waals surface area contributed by atoms with E-state index in [2.05, 4.69) is 22.5 Å². The first-order valence-electron chi connectivity index (χ1n) is 17.4. The highest BCUT2D eigenvalue weighted by Gasteiger charge is 2.57. The number of aromatic nitrogens is 1. The molecule has 22 heteroatoms. The molecule has 1 aromatic carbocycles. The molecule has 2 bridgehead atoms. The lowest BCUT2D eigenvalue weighted by molar-refractivity contribution is -0.945. The van der Waals surface area contributed by atoms with Crippen molar-refractivity contribution in [1.29, 1.82) is 0 Å². The number of imide groups is 1. The van der Waals surface area contributed by atoms with Crippen LogP contribution in [0.2, 0.25) is 0 Å². The minimum absolute atomic E-state index is 0.0268. The van der Waals surface area contributed by atoms with Crippen molar-refractivity contribution in [3.05, 3.63) is 45.6 Å². The minimum atomic E-state index is -1.95. The van der Waals surface area contributed by atoms with E-state index in [0.717, 1.165) is 46.1 Å². The molecule has 5 aliphatic rings. The number of oxime groups is 1. The second kappa shape index (κ2) is 14.4. The number of nitrogens with zero attached hydrogens (tertiary/aromatic N) is 5. The summed E-state index contributed by atoms with van der Waals surface area (Å²) in [6, 6.07) is 1.12. The fourth-order valence-corrected chi connectivity index (χ4v) is 10.4. The Morgan fingerprint density at radius 2 is 1.68 bits per heavy atom. The number of nitrogens with two attached hydrogens (primary N) is 1. The van der Waals surface area contributed by atoms with Crippen molar-refractivity contribution in [2.45, 2.75) is 61.7 Å². The van der Waals surface area contributed by atoms with Crippen LogP contribution in [-0.4, -0.2) is 148 Å². The Hall–Kier alpha value is -5.74. The number of carbonyl (C=O) groups is 7. The summed E-state index contributed by atoms with van der Waals surface area (Å²) >= 11 is 2.19. The summed E-state index contributed by atoms with van der Waals surface area (Å²) in [6.45, 7) is 0.490. The quantitative estimate of drug-likeness (QED) is 0.0355. The summed E-state index contributed by atoms with van der Waals surface area (Å²) in [4.78, 5) is 99.8. The number of piperidine rings is 1. The van der Waals surface area contributed by atoms with Crippen molar-refractivity contribution in [2.24, 2.45) is 11.1 Å². The number of rotatable bonds is 13. The maximum Gasteiger partial charge on any atom is 0.352 e. The van der Waals surface area contributed by atoms with Crippen molar-refractivity contribution in [3.63, 3.8) is 0 Å². The van der Waals surface area contributed by atoms with Gasteiger partial charge in [0.2, 0.25) is 6.10 Å². The Balaban J connectivity index is 1.04. The maximum absolute atomic E-state index is 13.6. The van der Waals surface area contributed by atoms with E-state index in [0.29, 0.717) is 29.4 Å². The average Bonchev–Trinajstić information content (AvgIpc) is 3.68. The number of phenols is 2. The minimum Gasteiger partial charge on any atom is -0.504 e. The Bertz CT molecular complexity index is 2100. The van der Waals surface area contributed by atoms with Crippen molar-refractivity contribution in [1.82, 2.24) is 20.1 Å². The third-order valence-electron chi connectivity index (χ3n) is 11.2. The summed E-state index contributed by atoms with van der Waals surface area (Å²) in [6.07, 6.45) is 0.0689. The normalized spacial score (nSPS) is 27.4. The molecule has 56 heavy (non-hydrogen) atoms. The number of phenolic OH excluding ortho intramolecular Hbond substituents is 2. The first-order chi connectivity index (χ1) is 26.5. The lowest BCUT2D eigenvalue weighted by atomic mass is 9.87. The second-order valence-electron chi connectivity index (χ2n) is 14.5. The lowest BCUT2D eigenvalue weighted by Crippen LogP contribution is -2.71. The molecule has 0 saturated carbocycles. The van der Waals surface area contributed by atoms with E-state index < -0.39 is 82.7 Å². The van der Waals surface area contributed by atoms with Crippen LogP contribution < -0.4 is 11.1 Å². The summed E-state index contributed by atoms with van der Waals surface area (Å²) in [5.74, 6) is -8.05. The maximum atomic E-state index is 13.6. The van der Waals surface area contributed by atoms with Crippen LogP contribution in [0.15, 0.2) is 33.9 Å². The van der Waals surface area contributed by atoms with Crippen molar-refractivity contribution < 1.29 is 68.4 Å². The Morgan fingerprint density at radius 1 is 1.05 bits per heavy atom. The van der Waals surface area contributed by atoms with Gasteiger partial charge in [0.25, 0.3) is 23.6 Å². The zero-order valence-corrected chi connectivity index (χ0v) is 31.1. The molecule has 2 unspecified atom stereocenters. The van der Waals surface area contributed by atoms with Crippen molar-refractivity contribution >= 4 is 75.5 Å². The fourth-order valence-electron chi connectivity index (χ4n) is 8.47. The Kier molecular flexibility index (Phi) is 9.91. The largest absolute Gasteiger partial charge is 0.504 e. The van der Waals surface area contributed by atoms with Crippen LogP contribution in [0.3, 0.4) is 0 Å². The molecule has 7 rings (SSSR count). The molecule has 3 fully saturated rings. The van der Waals surface area contributed by atoms with Crippen LogP contribution in [0.5, 0.6) is 11.5 Å². The van der Waals surface area contributed by atoms with Gasteiger partial charge >= 0.3 is 17.9 Å². The highest BCUT2D eigenvalue weighted by molar-refractivity contribution is 8.00. The molecule has 2 aromatic rings. The molecular formula is C34H36N7O13S2+. The summed E-state index contributed by atoms with van der Waals surface area (Å²) < 4.78 is 0.510. The Labute approximate surface area is 324 Å². The zero-order chi connectivity index (χ0) is 40.4. The summed E-state index contributed by atoms with van der Waals surface area (Å²) in [7, 11) is 2.05. The molecule has 1 aromatic heterocycles. The molecule has 0 radical (unpaired) electrons. The number of nitrogens with one attached hydrogen (secondary N) is 1. The van der Waals surface area contributed by atoms with Gasteiger partial charge in [0.05, 0.1) is 36.7 Å². The number of hydrogen-bond donors (Lipinski definition) is 7. The standard InChI is InChI=1S/C34H35N7O13S2/c1-41(15-2-3-16(41)5-13(4-15)9-39-28(47)17-6-20(42)21(43)7-18(17)29(39)48)10-14-11-55-31-25(30(49)40(31)26(14)33(52)53)37-27(46)24(19-12-56-34(35)36-19)38-54-22(32(50)51)8-23(44)45/h6-7,12-13,15-16,22,25,31H,2-5,8-11H2,1H3,(H7-,35,36,37,38,42,43,44,45,46,47,48,50,51,52,53)/p+1/t13?,15-,16+,22-,25+,31+,41?/m0/s1. The number of carbonyl (C=O) groups excluding carboxylic acids is 4. The van der Waals surface area contributed by atoms with Crippen LogP contribution in [0.1, 0.15) is 58.5 Å². The summed E-state index contributed by atoms with van der Waals surface area (Å²) in [5.41, 5.74) is 5.43. The van der Waals surface area contributed by atoms with Crippen molar-refractivity contribution in [3.8, 4) is 11.5 Å². The SMILES string of the molecule is C[N+]1(CC2=C(C(=O)O)N3C(=O)[C@@H](NC(=O)/C(=N\O[C@@H](CC(=O)O)C(=O)O)c4csc(N)n4)[C@H]3SC2)[C@@H]2CC[C@H]1CC(CN1C(=O)c3cc(O)c(O)cc3C1=O)C2. The first-order valence-corrected chi connectivity index (χ1v) is 19.3. The number of quaternary nitrogens is 1. The van der Waals surface area contributed by atoms with Gasteiger partial charge in [-0.3, -0.25) is 33.8 Å². The smallest absolute Gasteiger partial charge is 0.352 e. The number of anilines is 1. The van der Waals surface area contributed by atoms with E-state index in [9.17, 15) is 54.0 Å². The third-order valence-corrected chi connectivity index (χ3v) is 13.2. The number of thiazole rings is 1. The van der Waals surface area contributed by atoms with Gasteiger partial charge in [-0.1, -0.05) is 5.16 Å². The number of carboxylic acids is 3. The van der Waals surface area contributed by atoms with Gasteiger partial charge in [-0.05, 0) is 18.1 Å². The number of β-lactam (4-membered cyclic amide) rings is 1. The molecule has 3 saturated heterocycles. The van der Waals surface area contributed by atoms with Gasteiger partial charge in [-0.2, -0.15) is 0 Å². The van der Waals surface area contributed by atoms with E-state index in [4.69, 9.17) is 15.7 Å². The number of benzene rings is 1. The number of likely N-dealkylation sites (N-methyl/N-ethyl adjacent to an activating group) is 1. The molecule has 4 amide bonds. The van der Waals surface area contributed by atoms with Gasteiger partial charge in [0.15, 0.2) is 22.3 Å². The predicted octanol–water partition coefficient (Wildman–Crippen LogP) is 0.208. The van der Waals surface area contributed by atoms with Crippen LogP contribution in [-0.2, 0) is 28.8 Å². The molecule has 6 heterocycles. The number of nitrogen functional groups attached to an aromatic ring is 1. The molecule has 7 atom stereocenters. The molecule has 5 aliphatic heterocycles. The van der Waals surface area contributed by atoms with E-state index in [1.165, 1.54) is 17.1 Å². The molecule has 8 N–H and O–H groups in total. The monoisotopic (exact) mass is 814 g/mol. The molecule has 0 spiro atoms. The topological polar surface area (TPSA) is 300 Å². The van der Waals surface area contributed by atoms with Gasteiger partial charge in [-0.15, -0.1) is 23.1 Å². The fraction of sp³-hybridized carbons (Fsp3) is 0.441. The number of aliphatic carboxylic acids is 3. The number of hydrogen-bond acceptors (Lipinski definition) is 15. The van der Waals surface area contributed by atoms with E-state index in [-0.39, 0.29) is 57.9 Å². The number of thioether (sulfide) groups is 1. The third kappa shape index (κ3) is 6.66. The summed E-state index contributed by atoms with van der Waals surface area (Å²) in [5, 5.41) is 55.2. The van der Waals surface area contributed by atoms with Gasteiger partial charge < -0.3 is 45.9 Å². The van der Waals surface area contributed by atoms with Gasteiger partial charge in [-0.25, -0.2) is 14.6 Å². The number of amides is 4. The van der Waals surface area contributed by atoms with E-state index in [1.807, 2.05) is 0 Å². The highest BCUT2D eigenvalue weighted by atomic mass is 32.2. The second-order valence-corrected chi connectivity index (χ2v) is 16.5. The van der Waals surface area contributed by atoms with Crippen LogP contribution in [0.4, 0.5) is 5.13 Å². The van der Waals surface area contributed by atoms with Crippen LogP contribution in [0.25, 0.3) is 0 Å². The van der Waals surface area contributed by atoms with Gasteiger partial charge in [0, 0.05) is 48.9 Å². The number of carboxylic acid groups (broad SMARTS) is 3. The van der Waals surface area contributed by atoms with Crippen LogP contribution >= 0.6 is 23.1 Å². The average molecular weight is 815 g/mol. The van der Waals surface area contributed by atoms with Gasteiger partial charge in [0.1, 0.15) is 29.4 Å². The van der Waals surface area contributed by atoms with E-state index >= 15 is 0 Å². The Morgan fingerprint density at radius 3 is 2.21 bits per heavy atom. The molecular weight excluding hydrogens is 779 g/mol. The van der Waals surface area contributed by atoms with E-state index in [1.54, 1.807) is 0 Å². The molecule has 20 nitrogen and oxygen atoms in total. The number of aromatic hydroxyl groups is 2. The lowest BCUT2D eigenvalue weighted by Gasteiger charge is -2.52.